The quantitative estimate of drug-likeness (QED) is 0.712. The highest BCUT2D eigenvalue weighted by Crippen LogP contribution is 2.16. The van der Waals surface area contributed by atoms with E-state index in [0.717, 1.165) is 17.5 Å². The van der Waals surface area contributed by atoms with E-state index in [0.29, 0.717) is 43.7 Å². The monoisotopic (exact) mass is 366 g/mol. The summed E-state index contributed by atoms with van der Waals surface area (Å²) in [5.41, 5.74) is 3.08. The Hall–Kier alpha value is -3.09. The minimum Gasteiger partial charge on any atom is -0.443 e. The third kappa shape index (κ3) is 3.72. The number of aryl methyl sites for hydroxylation is 1. The second kappa shape index (κ2) is 7.26. The van der Waals surface area contributed by atoms with Gasteiger partial charge in [-0.2, -0.15) is 0 Å². The van der Waals surface area contributed by atoms with Crippen LogP contribution in [0, 0.1) is 0 Å². The molecule has 7 heteroatoms. The van der Waals surface area contributed by atoms with Gasteiger partial charge >= 0.3 is 0 Å². The van der Waals surface area contributed by atoms with Crippen LogP contribution >= 0.6 is 0 Å². The molecule has 3 heterocycles. The maximum absolute atomic E-state index is 12.7. The van der Waals surface area contributed by atoms with Crippen LogP contribution in [-0.2, 0) is 18.3 Å². The average Bonchev–Trinajstić information content (AvgIpc) is 3.22. The van der Waals surface area contributed by atoms with Crippen molar-refractivity contribution in [3.05, 3.63) is 54.2 Å². The maximum atomic E-state index is 12.7. The van der Waals surface area contributed by atoms with Gasteiger partial charge in [0.15, 0.2) is 12.0 Å². The Morgan fingerprint density at radius 2 is 1.93 bits per heavy atom. The van der Waals surface area contributed by atoms with Crippen LogP contribution in [-0.4, -0.2) is 57.3 Å². The Morgan fingerprint density at radius 1 is 1.11 bits per heavy atom. The summed E-state index contributed by atoms with van der Waals surface area (Å²) in [6.45, 7) is 2.45. The SMILES string of the molecule is Cn1ccc(C(=O)N2CCCN(C(=O)Cc3ccc4ncoc4c3)CC2)c1. The molecular weight excluding hydrogens is 344 g/mol. The second-order valence-corrected chi connectivity index (χ2v) is 6.92. The van der Waals surface area contributed by atoms with Gasteiger partial charge in [0, 0.05) is 45.6 Å². The number of nitrogens with zero attached hydrogens (tertiary/aromatic N) is 4. The van der Waals surface area contributed by atoms with Crippen molar-refractivity contribution in [2.45, 2.75) is 12.8 Å². The van der Waals surface area contributed by atoms with E-state index in [1.165, 1.54) is 6.39 Å². The zero-order valence-corrected chi connectivity index (χ0v) is 15.3. The van der Waals surface area contributed by atoms with E-state index in [1.54, 1.807) is 0 Å². The molecular formula is C20H22N4O3. The molecule has 3 aromatic rings. The summed E-state index contributed by atoms with van der Waals surface area (Å²) in [6, 6.07) is 7.47. The molecule has 0 radical (unpaired) electrons. The van der Waals surface area contributed by atoms with Crippen molar-refractivity contribution in [2.75, 3.05) is 26.2 Å². The summed E-state index contributed by atoms with van der Waals surface area (Å²) >= 11 is 0. The molecule has 1 saturated heterocycles. The number of rotatable bonds is 3. The van der Waals surface area contributed by atoms with Gasteiger partial charge < -0.3 is 18.8 Å². The van der Waals surface area contributed by atoms with Crippen LogP contribution in [0.3, 0.4) is 0 Å². The third-order valence-electron chi connectivity index (χ3n) is 4.97. The van der Waals surface area contributed by atoms with Crippen LogP contribution in [0.5, 0.6) is 0 Å². The van der Waals surface area contributed by atoms with Gasteiger partial charge in [0.1, 0.15) is 5.52 Å². The summed E-state index contributed by atoms with van der Waals surface area (Å²) in [4.78, 5) is 33.1. The van der Waals surface area contributed by atoms with E-state index in [9.17, 15) is 9.59 Å². The fourth-order valence-corrected chi connectivity index (χ4v) is 3.48. The summed E-state index contributed by atoms with van der Waals surface area (Å²) in [6.07, 6.45) is 6.21. The molecule has 2 amide bonds. The lowest BCUT2D eigenvalue weighted by Gasteiger charge is -2.22. The van der Waals surface area contributed by atoms with E-state index in [-0.39, 0.29) is 11.8 Å². The summed E-state index contributed by atoms with van der Waals surface area (Å²) < 4.78 is 7.18. The Bertz CT molecular complexity index is 974. The number of oxazole rings is 1. The molecule has 0 spiro atoms. The molecule has 0 atom stereocenters. The number of carbonyl (C=O) groups excluding carboxylic acids is 2. The van der Waals surface area contributed by atoms with E-state index >= 15 is 0 Å². The number of hydrogen-bond acceptors (Lipinski definition) is 4. The van der Waals surface area contributed by atoms with Gasteiger partial charge in [0.05, 0.1) is 12.0 Å². The van der Waals surface area contributed by atoms with E-state index < -0.39 is 0 Å². The van der Waals surface area contributed by atoms with Crippen LogP contribution in [0.4, 0.5) is 0 Å². The first-order valence-corrected chi connectivity index (χ1v) is 9.11. The van der Waals surface area contributed by atoms with Gasteiger partial charge in [0.25, 0.3) is 5.91 Å². The normalized spacial score (nSPS) is 15.1. The first-order chi connectivity index (χ1) is 13.1. The van der Waals surface area contributed by atoms with Gasteiger partial charge in [-0.25, -0.2) is 4.98 Å². The van der Waals surface area contributed by atoms with E-state index in [1.807, 2.05) is 58.1 Å². The predicted octanol–water partition coefficient (Wildman–Crippen LogP) is 2.08. The number of aromatic nitrogens is 2. The van der Waals surface area contributed by atoms with Crippen LogP contribution in [0.1, 0.15) is 22.3 Å². The number of benzene rings is 1. The first-order valence-electron chi connectivity index (χ1n) is 9.11. The standard InChI is InChI=1S/C20H22N4O3/c1-22-8-5-16(13-22)20(26)24-7-2-6-23(9-10-24)19(25)12-15-3-4-17-18(11-15)27-14-21-17/h3-5,8,11,13-14H,2,6-7,9-10,12H2,1H3. The molecule has 0 aliphatic carbocycles. The zero-order valence-electron chi connectivity index (χ0n) is 15.3. The largest absolute Gasteiger partial charge is 0.443 e. The lowest BCUT2D eigenvalue weighted by molar-refractivity contribution is -0.130. The number of hydrogen-bond donors (Lipinski definition) is 0. The number of amides is 2. The molecule has 1 aliphatic rings. The molecule has 140 valence electrons. The van der Waals surface area contributed by atoms with Crippen LogP contribution in [0.15, 0.2) is 47.5 Å². The molecule has 0 N–H and O–H groups in total. The van der Waals surface area contributed by atoms with E-state index in [2.05, 4.69) is 4.98 Å². The molecule has 7 nitrogen and oxygen atoms in total. The summed E-state index contributed by atoms with van der Waals surface area (Å²) in [7, 11) is 1.90. The molecule has 0 saturated carbocycles. The zero-order chi connectivity index (χ0) is 18.8. The van der Waals surface area contributed by atoms with Gasteiger partial charge in [-0.15, -0.1) is 0 Å². The Labute approximate surface area is 157 Å². The van der Waals surface area contributed by atoms with Crippen molar-refractivity contribution in [2.24, 2.45) is 7.05 Å². The summed E-state index contributed by atoms with van der Waals surface area (Å²) in [5.74, 6) is 0.101. The van der Waals surface area contributed by atoms with Gasteiger partial charge in [0.2, 0.25) is 5.91 Å². The average molecular weight is 366 g/mol. The van der Waals surface area contributed by atoms with Gasteiger partial charge in [-0.05, 0) is 30.2 Å². The highest BCUT2D eigenvalue weighted by atomic mass is 16.3. The fraction of sp³-hybridized carbons (Fsp3) is 0.350. The molecule has 2 aromatic heterocycles. The fourth-order valence-electron chi connectivity index (χ4n) is 3.48. The Balaban J connectivity index is 1.38. The maximum Gasteiger partial charge on any atom is 0.255 e. The van der Waals surface area contributed by atoms with Crippen molar-refractivity contribution in [3.63, 3.8) is 0 Å². The van der Waals surface area contributed by atoms with Crippen LogP contribution in [0.2, 0.25) is 0 Å². The lowest BCUT2D eigenvalue weighted by atomic mass is 10.1. The van der Waals surface area contributed by atoms with Crippen molar-refractivity contribution >= 4 is 22.9 Å². The molecule has 0 unspecified atom stereocenters. The smallest absolute Gasteiger partial charge is 0.255 e. The number of carbonyl (C=O) groups is 2. The molecule has 1 aromatic carbocycles. The topological polar surface area (TPSA) is 71.6 Å². The van der Waals surface area contributed by atoms with E-state index in [4.69, 9.17) is 4.42 Å². The second-order valence-electron chi connectivity index (χ2n) is 6.92. The molecule has 4 rings (SSSR count). The molecule has 1 aliphatic heterocycles. The third-order valence-corrected chi connectivity index (χ3v) is 4.97. The van der Waals surface area contributed by atoms with Crippen molar-refractivity contribution in [3.8, 4) is 0 Å². The summed E-state index contributed by atoms with van der Waals surface area (Å²) in [5, 5.41) is 0. The Kier molecular flexibility index (Phi) is 4.66. The Morgan fingerprint density at radius 3 is 2.74 bits per heavy atom. The first kappa shape index (κ1) is 17.3. The highest BCUT2D eigenvalue weighted by molar-refractivity contribution is 5.94. The predicted molar refractivity (Wildman–Crippen MR) is 100 cm³/mol. The van der Waals surface area contributed by atoms with Crippen LogP contribution < -0.4 is 0 Å². The molecule has 27 heavy (non-hydrogen) atoms. The van der Waals surface area contributed by atoms with Crippen molar-refractivity contribution in [1.29, 1.82) is 0 Å². The van der Waals surface area contributed by atoms with Crippen molar-refractivity contribution < 1.29 is 14.0 Å². The van der Waals surface area contributed by atoms with Crippen LogP contribution in [0.25, 0.3) is 11.1 Å². The minimum absolute atomic E-state index is 0.0284. The minimum atomic E-state index is 0.0284. The van der Waals surface area contributed by atoms with Crippen molar-refractivity contribution in [1.82, 2.24) is 19.4 Å². The number of fused-ring (bicyclic) bond motifs is 1. The lowest BCUT2D eigenvalue weighted by Crippen LogP contribution is -2.37. The molecule has 1 fully saturated rings. The highest BCUT2D eigenvalue weighted by Gasteiger charge is 2.23. The van der Waals surface area contributed by atoms with Gasteiger partial charge in [-0.3, -0.25) is 9.59 Å². The van der Waals surface area contributed by atoms with Gasteiger partial charge in [-0.1, -0.05) is 6.07 Å². The molecule has 0 bridgehead atoms.